The second-order valence-corrected chi connectivity index (χ2v) is 4.40. The number of aliphatic hydroxyl groups excluding tert-OH is 1. The zero-order valence-electron chi connectivity index (χ0n) is 9.11. The number of carbonyl (C=O) groups excluding carboxylic acids is 1. The molecule has 6 heteroatoms. The van der Waals surface area contributed by atoms with Gasteiger partial charge in [-0.2, -0.15) is 0 Å². The number of aliphatic carboxylic acids is 1. The van der Waals surface area contributed by atoms with E-state index in [0.29, 0.717) is 0 Å². The first-order valence-electron chi connectivity index (χ1n) is 5.39. The third-order valence-corrected chi connectivity index (χ3v) is 2.89. The monoisotopic (exact) mass is 230 g/mol. The van der Waals surface area contributed by atoms with Crippen LogP contribution in [0.1, 0.15) is 32.1 Å². The number of carboxylic acids is 1. The molecular formula is C10H18N2O4. The van der Waals surface area contributed by atoms with E-state index in [9.17, 15) is 9.59 Å². The van der Waals surface area contributed by atoms with E-state index in [1.165, 1.54) is 0 Å². The third kappa shape index (κ3) is 3.79. The predicted octanol–water partition coefficient (Wildman–Crippen LogP) is -0.790. The fraction of sp³-hybridized carbons (Fsp3) is 0.800. The summed E-state index contributed by atoms with van der Waals surface area (Å²) in [7, 11) is 0. The second-order valence-electron chi connectivity index (χ2n) is 4.40. The van der Waals surface area contributed by atoms with Crippen molar-refractivity contribution in [1.29, 1.82) is 0 Å². The Morgan fingerprint density at radius 1 is 1.38 bits per heavy atom. The number of carboxylic acid groups (broad SMARTS) is 1. The van der Waals surface area contributed by atoms with Gasteiger partial charge in [-0.25, -0.2) is 4.79 Å². The zero-order chi connectivity index (χ0) is 12.2. The van der Waals surface area contributed by atoms with Crippen molar-refractivity contribution in [1.82, 2.24) is 5.32 Å². The Labute approximate surface area is 93.8 Å². The molecule has 6 nitrogen and oxygen atoms in total. The highest BCUT2D eigenvalue weighted by molar-refractivity contribution is 5.79. The summed E-state index contributed by atoms with van der Waals surface area (Å²) in [5.41, 5.74) is 5.54. The highest BCUT2D eigenvalue weighted by Crippen LogP contribution is 2.29. The average Bonchev–Trinajstić information content (AvgIpc) is 2.60. The third-order valence-electron chi connectivity index (χ3n) is 2.89. The molecule has 0 aromatic carbocycles. The summed E-state index contributed by atoms with van der Waals surface area (Å²) in [6.45, 7) is -0.274. The summed E-state index contributed by atoms with van der Waals surface area (Å²) in [6, 6.07) is 0. The van der Waals surface area contributed by atoms with Crippen LogP contribution in [0.2, 0.25) is 0 Å². The van der Waals surface area contributed by atoms with Crippen molar-refractivity contribution in [3.63, 3.8) is 0 Å². The lowest BCUT2D eigenvalue weighted by molar-refractivity contribution is -0.146. The highest BCUT2D eigenvalue weighted by atomic mass is 16.4. The Balaban J connectivity index is 2.28. The summed E-state index contributed by atoms with van der Waals surface area (Å²) >= 11 is 0. The summed E-state index contributed by atoms with van der Waals surface area (Å²) in [4.78, 5) is 21.7. The lowest BCUT2D eigenvalue weighted by Crippen LogP contribution is -2.44. The zero-order valence-corrected chi connectivity index (χ0v) is 9.11. The Morgan fingerprint density at radius 2 is 1.94 bits per heavy atom. The van der Waals surface area contributed by atoms with Gasteiger partial charge in [0.05, 0.1) is 6.54 Å². The minimum Gasteiger partial charge on any atom is -0.479 e. The molecule has 0 bridgehead atoms. The van der Waals surface area contributed by atoms with Crippen LogP contribution in [0.4, 0.5) is 0 Å². The number of hydrogen-bond acceptors (Lipinski definition) is 4. The first-order valence-corrected chi connectivity index (χ1v) is 5.39. The van der Waals surface area contributed by atoms with Crippen LogP contribution < -0.4 is 11.1 Å². The summed E-state index contributed by atoms with van der Waals surface area (Å²) in [5.74, 6) is -1.65. The predicted molar refractivity (Wildman–Crippen MR) is 56.7 cm³/mol. The van der Waals surface area contributed by atoms with E-state index in [4.69, 9.17) is 15.9 Å². The van der Waals surface area contributed by atoms with Crippen LogP contribution in [0.25, 0.3) is 0 Å². The molecule has 0 aromatic heterocycles. The molecule has 0 spiro atoms. The highest BCUT2D eigenvalue weighted by Gasteiger charge is 2.31. The largest absolute Gasteiger partial charge is 0.479 e. The molecule has 0 heterocycles. The van der Waals surface area contributed by atoms with E-state index >= 15 is 0 Å². The standard InChI is InChI=1S/C10H18N2O4/c11-10(3-1-2-4-10)5-8(14)12-6-7(13)9(15)16/h7,13H,1-6,11H2,(H,12,14)(H,15,16). The van der Waals surface area contributed by atoms with Crippen molar-refractivity contribution < 1.29 is 19.8 Å². The number of nitrogens with two attached hydrogens (primary N) is 1. The van der Waals surface area contributed by atoms with E-state index in [0.717, 1.165) is 25.7 Å². The molecular weight excluding hydrogens is 212 g/mol. The lowest BCUT2D eigenvalue weighted by atomic mass is 9.94. The van der Waals surface area contributed by atoms with Gasteiger partial charge in [0.2, 0.25) is 5.91 Å². The molecule has 1 fully saturated rings. The maximum absolute atomic E-state index is 11.4. The van der Waals surface area contributed by atoms with E-state index in [1.54, 1.807) is 0 Å². The van der Waals surface area contributed by atoms with Crippen molar-refractivity contribution in [2.45, 2.75) is 43.7 Å². The number of carbonyl (C=O) groups is 2. The normalized spacial score (nSPS) is 20.4. The minimum atomic E-state index is -1.55. The molecule has 5 N–H and O–H groups in total. The Kier molecular flexibility index (Phi) is 4.26. The van der Waals surface area contributed by atoms with E-state index in [1.807, 2.05) is 0 Å². The van der Waals surface area contributed by atoms with Gasteiger partial charge >= 0.3 is 5.97 Å². The molecule has 16 heavy (non-hydrogen) atoms. The molecule has 92 valence electrons. The van der Waals surface area contributed by atoms with Crippen LogP contribution in [-0.4, -0.2) is 40.3 Å². The number of aliphatic hydroxyl groups is 1. The van der Waals surface area contributed by atoms with Crippen molar-refractivity contribution in [3.8, 4) is 0 Å². The molecule has 0 radical (unpaired) electrons. The Hall–Kier alpha value is -1.14. The van der Waals surface area contributed by atoms with Crippen molar-refractivity contribution >= 4 is 11.9 Å². The molecule has 1 rings (SSSR count). The van der Waals surface area contributed by atoms with Crippen LogP contribution in [0, 0.1) is 0 Å². The Bertz CT molecular complexity index is 274. The van der Waals surface area contributed by atoms with Gasteiger partial charge in [-0.1, -0.05) is 12.8 Å². The molecule has 0 aromatic rings. The van der Waals surface area contributed by atoms with E-state index in [2.05, 4.69) is 5.32 Å². The number of hydrogen-bond donors (Lipinski definition) is 4. The quantitative estimate of drug-likeness (QED) is 0.494. The molecule has 1 saturated carbocycles. The summed E-state index contributed by atoms with van der Waals surface area (Å²) in [5, 5.41) is 19.7. The van der Waals surface area contributed by atoms with Crippen molar-refractivity contribution in [3.05, 3.63) is 0 Å². The number of rotatable bonds is 5. The van der Waals surface area contributed by atoms with Crippen LogP contribution in [0.3, 0.4) is 0 Å². The van der Waals surface area contributed by atoms with Gasteiger partial charge < -0.3 is 21.3 Å². The maximum atomic E-state index is 11.4. The molecule has 1 atom stereocenters. The van der Waals surface area contributed by atoms with Crippen LogP contribution in [-0.2, 0) is 9.59 Å². The molecule has 0 aliphatic heterocycles. The van der Waals surface area contributed by atoms with Gasteiger partial charge in [-0.15, -0.1) is 0 Å². The molecule has 1 amide bonds. The molecule has 1 aliphatic carbocycles. The summed E-state index contributed by atoms with van der Waals surface area (Å²) in [6.07, 6.45) is 2.34. The van der Waals surface area contributed by atoms with E-state index < -0.39 is 17.6 Å². The second kappa shape index (κ2) is 5.27. The first-order chi connectivity index (χ1) is 7.43. The average molecular weight is 230 g/mol. The summed E-state index contributed by atoms with van der Waals surface area (Å²) < 4.78 is 0. The maximum Gasteiger partial charge on any atom is 0.334 e. The van der Waals surface area contributed by atoms with E-state index in [-0.39, 0.29) is 18.9 Å². The smallest absolute Gasteiger partial charge is 0.334 e. The lowest BCUT2D eigenvalue weighted by Gasteiger charge is -2.22. The van der Waals surface area contributed by atoms with Gasteiger partial charge in [-0.3, -0.25) is 4.79 Å². The number of amides is 1. The molecule has 0 saturated heterocycles. The van der Waals surface area contributed by atoms with Crippen LogP contribution >= 0.6 is 0 Å². The SMILES string of the molecule is NC1(CC(=O)NCC(O)C(=O)O)CCCC1. The van der Waals surface area contributed by atoms with Crippen molar-refractivity contribution in [2.75, 3.05) is 6.54 Å². The van der Waals surface area contributed by atoms with Gasteiger partial charge in [0, 0.05) is 12.0 Å². The van der Waals surface area contributed by atoms with Gasteiger partial charge in [-0.05, 0) is 12.8 Å². The minimum absolute atomic E-state index is 0.194. The van der Waals surface area contributed by atoms with Gasteiger partial charge in [0.25, 0.3) is 0 Å². The van der Waals surface area contributed by atoms with Gasteiger partial charge in [0.15, 0.2) is 6.10 Å². The van der Waals surface area contributed by atoms with Crippen LogP contribution in [0.5, 0.6) is 0 Å². The molecule has 1 aliphatic rings. The molecule has 1 unspecified atom stereocenters. The van der Waals surface area contributed by atoms with Crippen LogP contribution in [0.15, 0.2) is 0 Å². The first kappa shape index (κ1) is 12.9. The number of nitrogens with one attached hydrogen (secondary N) is 1. The Morgan fingerprint density at radius 3 is 2.44 bits per heavy atom. The van der Waals surface area contributed by atoms with Crippen molar-refractivity contribution in [2.24, 2.45) is 5.73 Å². The topological polar surface area (TPSA) is 113 Å². The fourth-order valence-corrected chi connectivity index (χ4v) is 1.94. The van der Waals surface area contributed by atoms with Gasteiger partial charge in [0.1, 0.15) is 0 Å². The fourth-order valence-electron chi connectivity index (χ4n) is 1.94.